The first-order chi connectivity index (χ1) is 12.7. The molecular weight excluding hydrogens is 322 g/mol. The van der Waals surface area contributed by atoms with Gasteiger partial charge in [0.15, 0.2) is 5.78 Å². The molecule has 3 nitrogen and oxygen atoms in total. The highest BCUT2D eigenvalue weighted by Gasteiger charge is 2.20. The van der Waals surface area contributed by atoms with Crippen LogP contribution in [0.2, 0.25) is 0 Å². The van der Waals surface area contributed by atoms with Gasteiger partial charge in [0, 0.05) is 16.5 Å². The van der Waals surface area contributed by atoms with Gasteiger partial charge in [0.25, 0.3) is 5.56 Å². The summed E-state index contributed by atoms with van der Waals surface area (Å²) in [5.74, 6) is -0.247. The molecule has 1 heterocycles. The number of aromatic nitrogens is 1. The second-order valence-corrected chi connectivity index (χ2v) is 6.21. The number of para-hydroxylation sites is 1. The summed E-state index contributed by atoms with van der Waals surface area (Å²) in [6.45, 7) is 0. The molecule has 1 N–H and O–H groups in total. The van der Waals surface area contributed by atoms with E-state index in [2.05, 4.69) is 4.98 Å². The number of H-pyrrole nitrogens is 1. The molecule has 0 aliphatic heterocycles. The third kappa shape index (κ3) is 2.95. The fourth-order valence-electron chi connectivity index (χ4n) is 3.27. The monoisotopic (exact) mass is 339 g/mol. The van der Waals surface area contributed by atoms with Crippen LogP contribution in [0.4, 0.5) is 0 Å². The summed E-state index contributed by atoms with van der Waals surface area (Å²) >= 11 is 0. The summed E-state index contributed by atoms with van der Waals surface area (Å²) in [6, 6.07) is 26.4. The lowest BCUT2D eigenvalue weighted by molar-refractivity contribution is 0.103. The molecular formula is C23H17NO2. The Kier molecular flexibility index (Phi) is 4.20. The van der Waals surface area contributed by atoms with Crippen molar-refractivity contribution in [1.29, 1.82) is 0 Å². The minimum atomic E-state index is -0.344. The third-order valence-electron chi connectivity index (χ3n) is 4.52. The molecule has 0 radical (unpaired) electrons. The Balaban J connectivity index is 1.96. The molecule has 26 heavy (non-hydrogen) atoms. The van der Waals surface area contributed by atoms with Crippen LogP contribution in [0.3, 0.4) is 0 Å². The van der Waals surface area contributed by atoms with Crippen LogP contribution in [0.5, 0.6) is 0 Å². The maximum Gasteiger partial charge on any atom is 0.259 e. The molecule has 3 aromatic carbocycles. The van der Waals surface area contributed by atoms with Crippen molar-refractivity contribution in [1.82, 2.24) is 4.98 Å². The zero-order valence-electron chi connectivity index (χ0n) is 14.1. The highest BCUT2D eigenvalue weighted by atomic mass is 16.1. The van der Waals surface area contributed by atoms with Crippen molar-refractivity contribution in [3.05, 3.63) is 118 Å². The number of carbonyl (C=O) groups is 1. The fraction of sp³-hybridized carbons (Fsp3) is 0.0435. The quantitative estimate of drug-likeness (QED) is 0.562. The van der Waals surface area contributed by atoms with E-state index in [9.17, 15) is 9.59 Å². The maximum absolute atomic E-state index is 13.1. The van der Waals surface area contributed by atoms with E-state index in [1.807, 2.05) is 60.7 Å². The first-order valence-electron chi connectivity index (χ1n) is 8.51. The Morgan fingerprint density at radius 2 is 1.38 bits per heavy atom. The van der Waals surface area contributed by atoms with Gasteiger partial charge in [-0.25, -0.2) is 0 Å². The van der Waals surface area contributed by atoms with Crippen molar-refractivity contribution >= 4 is 16.7 Å². The average molecular weight is 339 g/mol. The summed E-state index contributed by atoms with van der Waals surface area (Å²) < 4.78 is 0. The molecule has 4 rings (SSSR count). The van der Waals surface area contributed by atoms with Gasteiger partial charge in [-0.2, -0.15) is 0 Å². The molecule has 1 aromatic heterocycles. The second kappa shape index (κ2) is 6.81. The Morgan fingerprint density at radius 3 is 2.12 bits per heavy atom. The molecule has 126 valence electrons. The van der Waals surface area contributed by atoms with Gasteiger partial charge in [0.1, 0.15) is 0 Å². The number of benzene rings is 3. The molecule has 0 atom stereocenters. The topological polar surface area (TPSA) is 49.9 Å². The van der Waals surface area contributed by atoms with Gasteiger partial charge < -0.3 is 4.98 Å². The number of nitrogens with one attached hydrogen (secondary N) is 1. The number of ketones is 1. The molecule has 0 fully saturated rings. The number of carbonyl (C=O) groups excluding carboxylic acids is 1. The first-order valence-corrected chi connectivity index (χ1v) is 8.51. The first kappa shape index (κ1) is 16.0. The molecule has 0 bridgehead atoms. The van der Waals surface area contributed by atoms with Crippen molar-refractivity contribution < 1.29 is 4.79 Å². The number of hydrogen-bond acceptors (Lipinski definition) is 2. The van der Waals surface area contributed by atoms with E-state index >= 15 is 0 Å². The molecule has 0 saturated carbocycles. The Labute approximate surface area is 150 Å². The normalized spacial score (nSPS) is 10.8. The minimum absolute atomic E-state index is 0.221. The average Bonchev–Trinajstić information content (AvgIpc) is 2.69. The molecule has 3 heteroatoms. The summed E-state index contributed by atoms with van der Waals surface area (Å²) in [7, 11) is 0. The van der Waals surface area contributed by atoms with E-state index in [4.69, 9.17) is 0 Å². The largest absolute Gasteiger partial charge is 0.321 e. The number of aromatic amines is 1. The van der Waals surface area contributed by atoms with Crippen molar-refractivity contribution in [3.8, 4) is 0 Å². The lowest BCUT2D eigenvalue weighted by Gasteiger charge is -2.12. The van der Waals surface area contributed by atoms with Crippen molar-refractivity contribution in [2.75, 3.05) is 0 Å². The van der Waals surface area contributed by atoms with Crippen LogP contribution in [-0.2, 0) is 6.42 Å². The molecule has 0 unspecified atom stereocenters. The highest BCUT2D eigenvalue weighted by molar-refractivity contribution is 6.11. The number of pyridine rings is 1. The van der Waals surface area contributed by atoms with Crippen LogP contribution < -0.4 is 5.56 Å². The SMILES string of the molecule is O=C(c1ccccc1)c1c(Cc2ccccc2)c2ccccc2[nH]c1=O. The van der Waals surface area contributed by atoms with Crippen LogP contribution in [0.25, 0.3) is 10.9 Å². The summed E-state index contributed by atoms with van der Waals surface area (Å²) in [5.41, 5.74) is 2.97. The van der Waals surface area contributed by atoms with Crippen LogP contribution >= 0.6 is 0 Å². The van der Waals surface area contributed by atoms with E-state index in [0.29, 0.717) is 12.0 Å². The number of fused-ring (bicyclic) bond motifs is 1. The molecule has 4 aromatic rings. The lowest BCUT2D eigenvalue weighted by Crippen LogP contribution is -2.22. The third-order valence-corrected chi connectivity index (χ3v) is 4.52. The van der Waals surface area contributed by atoms with Crippen molar-refractivity contribution in [2.24, 2.45) is 0 Å². The van der Waals surface area contributed by atoms with Gasteiger partial charge in [-0.1, -0.05) is 78.9 Å². The maximum atomic E-state index is 13.1. The van der Waals surface area contributed by atoms with Gasteiger partial charge in [-0.05, 0) is 23.6 Å². The summed E-state index contributed by atoms with van der Waals surface area (Å²) in [6.07, 6.45) is 0.527. The standard InChI is InChI=1S/C23H17NO2/c25-22(17-11-5-2-6-12-17)21-19(15-16-9-3-1-4-10-16)18-13-7-8-14-20(18)24-23(21)26/h1-14H,15H2,(H,24,26). The molecule has 0 aliphatic rings. The van der Waals surface area contributed by atoms with Gasteiger partial charge >= 0.3 is 0 Å². The molecule has 0 aliphatic carbocycles. The van der Waals surface area contributed by atoms with E-state index in [0.717, 1.165) is 22.0 Å². The fourth-order valence-corrected chi connectivity index (χ4v) is 3.27. The predicted octanol–water partition coefficient (Wildman–Crippen LogP) is 4.35. The van der Waals surface area contributed by atoms with E-state index in [1.165, 1.54) is 0 Å². The Bertz CT molecular complexity index is 1130. The number of rotatable bonds is 4. The molecule has 0 spiro atoms. The van der Waals surface area contributed by atoms with Gasteiger partial charge in [-0.15, -0.1) is 0 Å². The Morgan fingerprint density at radius 1 is 0.769 bits per heavy atom. The van der Waals surface area contributed by atoms with Gasteiger partial charge in [-0.3, -0.25) is 9.59 Å². The Hall–Kier alpha value is -3.46. The smallest absolute Gasteiger partial charge is 0.259 e. The van der Waals surface area contributed by atoms with E-state index in [-0.39, 0.29) is 16.9 Å². The zero-order valence-corrected chi connectivity index (χ0v) is 14.1. The van der Waals surface area contributed by atoms with Gasteiger partial charge in [0.2, 0.25) is 0 Å². The summed E-state index contributed by atoms with van der Waals surface area (Å²) in [4.78, 5) is 28.7. The van der Waals surface area contributed by atoms with E-state index in [1.54, 1.807) is 24.3 Å². The highest BCUT2D eigenvalue weighted by Crippen LogP contribution is 2.23. The molecule has 0 saturated heterocycles. The van der Waals surface area contributed by atoms with Crippen LogP contribution in [0.15, 0.2) is 89.7 Å². The lowest BCUT2D eigenvalue weighted by atomic mass is 9.92. The number of hydrogen-bond donors (Lipinski definition) is 1. The van der Waals surface area contributed by atoms with Crippen LogP contribution in [0, 0.1) is 0 Å². The zero-order chi connectivity index (χ0) is 17.9. The van der Waals surface area contributed by atoms with Crippen molar-refractivity contribution in [2.45, 2.75) is 6.42 Å². The van der Waals surface area contributed by atoms with Crippen LogP contribution in [0.1, 0.15) is 27.0 Å². The minimum Gasteiger partial charge on any atom is -0.321 e. The van der Waals surface area contributed by atoms with Crippen molar-refractivity contribution in [3.63, 3.8) is 0 Å². The summed E-state index contributed by atoms with van der Waals surface area (Å²) in [5, 5.41) is 0.898. The molecule has 0 amide bonds. The second-order valence-electron chi connectivity index (χ2n) is 6.21. The van der Waals surface area contributed by atoms with Crippen LogP contribution in [-0.4, -0.2) is 10.8 Å². The van der Waals surface area contributed by atoms with Gasteiger partial charge in [0.05, 0.1) is 5.56 Å². The predicted molar refractivity (Wildman–Crippen MR) is 104 cm³/mol. The van der Waals surface area contributed by atoms with E-state index < -0.39 is 0 Å².